The number of likely N-dealkylation sites (tertiary alicyclic amines) is 1. The van der Waals surface area contributed by atoms with E-state index in [4.69, 9.17) is 8.92 Å². The second-order valence-electron chi connectivity index (χ2n) is 8.57. The Labute approximate surface area is 210 Å². The zero-order valence-corrected chi connectivity index (χ0v) is 21.0. The topological polar surface area (TPSA) is 105 Å². The first-order valence-electron chi connectivity index (χ1n) is 11.5. The van der Waals surface area contributed by atoms with E-state index in [0.29, 0.717) is 54.0 Å². The number of hydrogen-bond donors (Lipinski definition) is 2. The van der Waals surface area contributed by atoms with Crippen molar-refractivity contribution in [2.75, 3.05) is 40.4 Å². The maximum atomic E-state index is 14.0. The summed E-state index contributed by atoms with van der Waals surface area (Å²) in [5, 5.41) is 10.5. The molecule has 1 N–H and O–H groups in total. The molecule has 192 valence electrons. The van der Waals surface area contributed by atoms with Crippen LogP contribution in [0.2, 0.25) is 0 Å². The molecular formula is C25H29FN4O5S. The Morgan fingerprint density at radius 3 is 2.89 bits per heavy atom. The number of halogens is 1. The molecule has 0 spiro atoms. The van der Waals surface area contributed by atoms with Crippen molar-refractivity contribution >= 4 is 33.4 Å². The fourth-order valence-electron chi connectivity index (χ4n) is 4.27. The number of nitrogens with zero attached hydrogens (tertiary/aromatic N) is 4. The predicted octanol–water partition coefficient (Wildman–Crippen LogP) is 2.88. The fourth-order valence-corrected chi connectivity index (χ4v) is 4.69. The number of aliphatic hydroxyl groups is 1. The molecule has 3 aromatic rings. The van der Waals surface area contributed by atoms with Gasteiger partial charge in [0.1, 0.15) is 22.8 Å². The highest BCUT2D eigenvalue weighted by molar-refractivity contribution is 7.69. The van der Waals surface area contributed by atoms with Crippen molar-refractivity contribution in [2.45, 2.75) is 18.6 Å². The van der Waals surface area contributed by atoms with Gasteiger partial charge in [0, 0.05) is 38.3 Å². The zero-order valence-electron chi connectivity index (χ0n) is 20.1. The Hall–Kier alpha value is -3.12. The van der Waals surface area contributed by atoms with Gasteiger partial charge in [0.2, 0.25) is 0 Å². The third-order valence-corrected chi connectivity index (χ3v) is 6.87. The number of rotatable bonds is 9. The van der Waals surface area contributed by atoms with Crippen LogP contribution in [-0.2, 0) is 19.9 Å². The molecule has 1 aromatic heterocycles. The molecule has 36 heavy (non-hydrogen) atoms. The molecule has 9 nitrogen and oxygen atoms in total. The molecule has 0 radical (unpaired) electrons. The summed E-state index contributed by atoms with van der Waals surface area (Å²) in [7, 11) is 0.751. The molecule has 2 unspecified atom stereocenters. The van der Waals surface area contributed by atoms with Crippen molar-refractivity contribution in [3.8, 4) is 5.75 Å². The lowest BCUT2D eigenvalue weighted by Crippen LogP contribution is -2.41. The van der Waals surface area contributed by atoms with Gasteiger partial charge in [-0.3, -0.25) is 18.9 Å². The van der Waals surface area contributed by atoms with Crippen molar-refractivity contribution < 1.29 is 27.4 Å². The van der Waals surface area contributed by atoms with Gasteiger partial charge in [-0.2, -0.15) is 4.36 Å². The highest BCUT2D eigenvalue weighted by Gasteiger charge is 2.28. The number of likely N-dealkylation sites (N-methyl/N-ethyl adjacent to an activating group) is 1. The van der Waals surface area contributed by atoms with Crippen LogP contribution in [0.15, 0.2) is 59.1 Å². The van der Waals surface area contributed by atoms with Crippen LogP contribution < -0.4 is 4.74 Å². The Bertz CT molecular complexity index is 1320. The number of amides is 1. The molecule has 1 saturated heterocycles. The lowest BCUT2D eigenvalue weighted by atomic mass is 10.0. The first-order chi connectivity index (χ1) is 17.4. The number of pyridine rings is 1. The number of aromatic nitrogens is 1. The number of fused-ring (bicyclic) bond motifs is 1. The Balaban J connectivity index is 1.53. The first-order valence-corrected chi connectivity index (χ1v) is 12.6. The lowest BCUT2D eigenvalue weighted by molar-refractivity contribution is -0.134. The standard InChI is InChI=1S/C25H29FN4O5S/c1-29(22(15-30-12-10-19(31)14-30)17-5-3-6-18(26)13-17)24(32)16-35-23-9-8-21(28-36(33)34-2)25-20(23)7-4-11-27-25/h3-9,11,13,19,22,31,36H,10,12,14-16H2,1-2H3/t19-,22?/m0/s1. The molecule has 0 aliphatic carbocycles. The van der Waals surface area contributed by atoms with Gasteiger partial charge in [0.05, 0.1) is 19.3 Å². The number of hydrogen-bond acceptors (Lipinski definition) is 8. The van der Waals surface area contributed by atoms with Crippen LogP contribution in [0.5, 0.6) is 5.75 Å². The van der Waals surface area contributed by atoms with Gasteiger partial charge in [0.25, 0.3) is 5.91 Å². The number of thiol groups is 1. The monoisotopic (exact) mass is 516 g/mol. The Morgan fingerprint density at radius 1 is 1.33 bits per heavy atom. The molecule has 0 saturated carbocycles. The molecule has 0 bridgehead atoms. The van der Waals surface area contributed by atoms with Crippen molar-refractivity contribution in [2.24, 2.45) is 4.36 Å². The molecule has 1 amide bonds. The van der Waals surface area contributed by atoms with Crippen LogP contribution in [0.3, 0.4) is 0 Å². The fraction of sp³-hybridized carbons (Fsp3) is 0.360. The minimum atomic E-state index is -2.22. The molecule has 2 aromatic carbocycles. The highest BCUT2D eigenvalue weighted by Crippen LogP contribution is 2.32. The van der Waals surface area contributed by atoms with E-state index in [1.165, 1.54) is 19.2 Å². The maximum Gasteiger partial charge on any atom is 0.260 e. The summed E-state index contributed by atoms with van der Waals surface area (Å²) in [4.78, 5) is 21.1. The van der Waals surface area contributed by atoms with E-state index in [1.807, 2.05) is 0 Å². The average molecular weight is 517 g/mol. The largest absolute Gasteiger partial charge is 0.483 e. The quantitative estimate of drug-likeness (QED) is 0.422. The number of carbonyl (C=O) groups is 1. The molecule has 3 atom stereocenters. The zero-order chi connectivity index (χ0) is 25.7. The van der Waals surface area contributed by atoms with Crippen LogP contribution in [0.25, 0.3) is 10.9 Å². The summed E-state index contributed by atoms with van der Waals surface area (Å²) in [5.74, 6) is -0.246. The van der Waals surface area contributed by atoms with Crippen molar-refractivity contribution in [1.29, 1.82) is 0 Å². The van der Waals surface area contributed by atoms with Gasteiger partial charge in [-0.1, -0.05) is 12.1 Å². The van der Waals surface area contributed by atoms with E-state index in [-0.39, 0.29) is 18.3 Å². The van der Waals surface area contributed by atoms with Crippen LogP contribution in [0, 0.1) is 5.82 Å². The van der Waals surface area contributed by atoms with Gasteiger partial charge in [-0.15, -0.1) is 0 Å². The normalized spacial score (nSPS) is 17.8. The predicted molar refractivity (Wildman–Crippen MR) is 135 cm³/mol. The van der Waals surface area contributed by atoms with Crippen LogP contribution >= 0.6 is 0 Å². The molecule has 1 fully saturated rings. The third kappa shape index (κ3) is 6.16. The van der Waals surface area contributed by atoms with Crippen LogP contribution in [0.4, 0.5) is 10.1 Å². The number of aliphatic hydroxyl groups excluding tert-OH is 1. The smallest absolute Gasteiger partial charge is 0.260 e. The molecule has 2 heterocycles. The summed E-state index contributed by atoms with van der Waals surface area (Å²) in [6.45, 7) is 1.42. The van der Waals surface area contributed by atoms with Crippen LogP contribution in [-0.4, -0.2) is 76.5 Å². The van der Waals surface area contributed by atoms with Crippen molar-refractivity contribution in [3.05, 3.63) is 66.1 Å². The molecule has 11 heteroatoms. The van der Waals surface area contributed by atoms with E-state index >= 15 is 0 Å². The van der Waals surface area contributed by atoms with Gasteiger partial charge in [-0.05, 0) is 48.4 Å². The molecule has 1 aliphatic rings. The van der Waals surface area contributed by atoms with E-state index in [9.17, 15) is 18.5 Å². The van der Waals surface area contributed by atoms with E-state index in [2.05, 4.69) is 14.2 Å². The molecule has 4 rings (SSSR count). The van der Waals surface area contributed by atoms with Gasteiger partial charge in [0.15, 0.2) is 17.5 Å². The van der Waals surface area contributed by atoms with E-state index in [1.54, 1.807) is 54.5 Å². The number of benzene rings is 2. The molecular weight excluding hydrogens is 487 g/mol. The molecule has 1 aliphatic heterocycles. The third-order valence-electron chi connectivity index (χ3n) is 6.18. The van der Waals surface area contributed by atoms with Crippen molar-refractivity contribution in [1.82, 2.24) is 14.8 Å². The first kappa shape index (κ1) is 26.0. The summed E-state index contributed by atoms with van der Waals surface area (Å²) in [6.07, 6.45) is 1.85. The van der Waals surface area contributed by atoms with Crippen LogP contribution in [0.1, 0.15) is 18.0 Å². The summed E-state index contributed by atoms with van der Waals surface area (Å²) < 4.78 is 40.4. The summed E-state index contributed by atoms with van der Waals surface area (Å²) >= 11 is 0. The van der Waals surface area contributed by atoms with Gasteiger partial charge >= 0.3 is 0 Å². The minimum Gasteiger partial charge on any atom is -0.483 e. The summed E-state index contributed by atoms with van der Waals surface area (Å²) in [5.41, 5.74) is 1.53. The maximum absolute atomic E-state index is 14.0. The minimum absolute atomic E-state index is 0.252. The second kappa shape index (κ2) is 11.7. The Morgan fingerprint density at radius 2 is 2.17 bits per heavy atom. The van der Waals surface area contributed by atoms with E-state index < -0.39 is 23.0 Å². The Kier molecular flexibility index (Phi) is 8.47. The second-order valence-corrected chi connectivity index (χ2v) is 9.61. The number of carbonyl (C=O) groups excluding carboxylic acids is 1. The SMILES string of the molecule is CO[SH](=O)=Nc1ccc(OCC(=O)N(C)C(CN2CC[C@H](O)C2)c2cccc(F)c2)c2cccnc12. The van der Waals surface area contributed by atoms with E-state index in [0.717, 1.165) is 0 Å². The highest BCUT2D eigenvalue weighted by atomic mass is 32.2. The van der Waals surface area contributed by atoms with Crippen molar-refractivity contribution in [3.63, 3.8) is 0 Å². The summed E-state index contributed by atoms with van der Waals surface area (Å²) in [6, 6.07) is 12.5. The number of β-amino-alcohol motifs (C(OH)–C–C–N with tert-alkyl or cyclic N) is 1. The average Bonchev–Trinajstić information content (AvgIpc) is 3.30. The van der Waals surface area contributed by atoms with Gasteiger partial charge < -0.3 is 14.7 Å². The van der Waals surface area contributed by atoms with Gasteiger partial charge in [-0.25, -0.2) is 8.60 Å². The number of ether oxygens (including phenoxy) is 1. The lowest BCUT2D eigenvalue weighted by Gasteiger charge is -2.32.